The van der Waals surface area contributed by atoms with Crippen molar-refractivity contribution >= 4 is 28.8 Å². The van der Waals surface area contributed by atoms with E-state index in [1.165, 1.54) is 17.7 Å². The Kier molecular flexibility index (Phi) is 7.82. The van der Waals surface area contributed by atoms with Gasteiger partial charge in [-0.2, -0.15) is 0 Å². The van der Waals surface area contributed by atoms with E-state index in [-0.39, 0.29) is 17.6 Å². The highest BCUT2D eigenvalue weighted by atomic mass is 19.1. The van der Waals surface area contributed by atoms with Crippen molar-refractivity contribution in [1.29, 1.82) is 0 Å². The highest BCUT2D eigenvalue weighted by molar-refractivity contribution is 6.17. The number of carbonyl (C=O) groups is 1. The fourth-order valence-electron chi connectivity index (χ4n) is 4.94. The summed E-state index contributed by atoms with van der Waals surface area (Å²) in [5, 5.41) is 3.08. The number of amides is 1. The zero-order valence-corrected chi connectivity index (χ0v) is 21.1. The lowest BCUT2D eigenvalue weighted by molar-refractivity contribution is -0.121. The van der Waals surface area contributed by atoms with Crippen LogP contribution < -0.4 is 5.32 Å². The Morgan fingerprint density at radius 2 is 1.49 bits per heavy atom. The number of piperazine rings is 1. The van der Waals surface area contributed by atoms with Crippen LogP contribution in [0.15, 0.2) is 88.8 Å². The van der Waals surface area contributed by atoms with E-state index in [2.05, 4.69) is 39.4 Å². The third kappa shape index (κ3) is 6.37. The predicted molar refractivity (Wildman–Crippen MR) is 147 cm³/mol. The van der Waals surface area contributed by atoms with Crippen LogP contribution in [0.2, 0.25) is 0 Å². The van der Waals surface area contributed by atoms with Gasteiger partial charge in [-0.15, -0.1) is 0 Å². The van der Waals surface area contributed by atoms with Gasteiger partial charge >= 0.3 is 0 Å². The number of nitrogens with one attached hydrogen (secondary N) is 1. The van der Waals surface area contributed by atoms with Gasteiger partial charge in [0.25, 0.3) is 0 Å². The Labute approximate surface area is 217 Å². The number of para-hydroxylation sites is 2. The minimum absolute atomic E-state index is 0.101. The molecule has 5 rings (SSSR count). The Morgan fingerprint density at radius 1 is 0.865 bits per heavy atom. The lowest BCUT2D eigenvalue weighted by Gasteiger charge is -2.34. The van der Waals surface area contributed by atoms with E-state index in [1.807, 2.05) is 37.3 Å². The number of rotatable bonds is 6. The summed E-state index contributed by atoms with van der Waals surface area (Å²) in [6, 6.07) is 24.5. The molecule has 0 aromatic heterocycles. The summed E-state index contributed by atoms with van der Waals surface area (Å²) in [4.78, 5) is 27.4. The molecule has 0 unspecified atom stereocenters. The summed E-state index contributed by atoms with van der Waals surface area (Å²) < 4.78 is 13.6. The number of carbonyl (C=O) groups excluding carboxylic acids is 1. The quantitative estimate of drug-likeness (QED) is 0.536. The van der Waals surface area contributed by atoms with Crippen LogP contribution in [-0.2, 0) is 11.2 Å². The Bertz CT molecular complexity index is 1280. The number of fused-ring (bicyclic) bond motifs is 1. The van der Waals surface area contributed by atoms with Gasteiger partial charge in [0.1, 0.15) is 11.7 Å². The molecule has 0 radical (unpaired) electrons. The number of benzene rings is 3. The first-order valence-electron chi connectivity index (χ1n) is 12.8. The Morgan fingerprint density at radius 3 is 2.19 bits per heavy atom. The molecule has 3 aromatic carbocycles. The molecule has 1 saturated heterocycles. The normalized spacial score (nSPS) is 18.4. The van der Waals surface area contributed by atoms with Gasteiger partial charge in [0.15, 0.2) is 0 Å². The first-order chi connectivity index (χ1) is 18.0. The maximum Gasteiger partial charge on any atom is 0.239 e. The third-order valence-electron chi connectivity index (χ3n) is 6.97. The molecule has 1 N–H and O–H groups in total. The van der Waals surface area contributed by atoms with Gasteiger partial charge in [-0.3, -0.25) is 14.7 Å². The van der Waals surface area contributed by atoms with Crippen LogP contribution in [0, 0.1) is 5.82 Å². The average molecular weight is 498 g/mol. The van der Waals surface area contributed by atoms with Crippen LogP contribution in [0.4, 0.5) is 15.8 Å². The number of halogens is 1. The van der Waals surface area contributed by atoms with Gasteiger partial charge in [0.05, 0.1) is 23.8 Å². The van der Waals surface area contributed by atoms with Crippen molar-refractivity contribution < 1.29 is 9.18 Å². The summed E-state index contributed by atoms with van der Waals surface area (Å²) in [5.41, 5.74) is 4.44. The second kappa shape index (κ2) is 11.6. The van der Waals surface area contributed by atoms with Crippen LogP contribution in [-0.4, -0.2) is 66.5 Å². The summed E-state index contributed by atoms with van der Waals surface area (Å²) in [6.45, 7) is 6.83. The molecule has 0 saturated carbocycles. The molecule has 2 heterocycles. The lowest BCUT2D eigenvalue weighted by Crippen LogP contribution is -2.50. The number of amidine groups is 1. The maximum absolute atomic E-state index is 13.6. The van der Waals surface area contributed by atoms with E-state index in [0.29, 0.717) is 18.1 Å². The van der Waals surface area contributed by atoms with E-state index < -0.39 is 0 Å². The topological polar surface area (TPSA) is 60.3 Å². The molecule has 2 aliphatic rings. The van der Waals surface area contributed by atoms with Gasteiger partial charge in [-0.25, -0.2) is 9.38 Å². The van der Waals surface area contributed by atoms with Crippen LogP contribution >= 0.6 is 0 Å². The van der Waals surface area contributed by atoms with Crippen LogP contribution in [0.5, 0.6) is 0 Å². The molecule has 7 heteroatoms. The third-order valence-corrected chi connectivity index (χ3v) is 6.97. The second-order valence-corrected chi connectivity index (χ2v) is 9.63. The van der Waals surface area contributed by atoms with E-state index in [0.717, 1.165) is 56.1 Å². The van der Waals surface area contributed by atoms with Gasteiger partial charge in [-0.05, 0) is 48.7 Å². The standard InChI is InChI=1S/C30H32FN5O/c1-22-29(24-11-13-25(31)14-12-24)30(33-27-10-6-5-9-26(27)32-22)34-28(37)21-36-19-17-35(18-20-36)16-15-23-7-3-2-4-8-23/h2-14,29H,15-21H2,1H3,(H,33,34,37)/t29-/m1/s1. The maximum atomic E-state index is 13.6. The smallest absolute Gasteiger partial charge is 0.239 e. The minimum Gasteiger partial charge on any atom is -0.312 e. The summed E-state index contributed by atoms with van der Waals surface area (Å²) in [7, 11) is 0. The molecule has 3 aromatic rings. The molecular formula is C30H32FN5O. The molecule has 1 fully saturated rings. The highest BCUT2D eigenvalue weighted by Gasteiger charge is 2.27. The predicted octanol–water partition coefficient (Wildman–Crippen LogP) is 4.72. The van der Waals surface area contributed by atoms with E-state index in [1.54, 1.807) is 12.1 Å². The Balaban J connectivity index is 1.24. The first kappa shape index (κ1) is 25.0. The number of hydrogen-bond donors (Lipinski definition) is 1. The lowest BCUT2D eigenvalue weighted by atomic mass is 9.93. The van der Waals surface area contributed by atoms with Gasteiger partial charge < -0.3 is 10.2 Å². The molecule has 2 aliphatic heterocycles. The molecule has 1 amide bonds. The average Bonchev–Trinajstić information content (AvgIpc) is 3.04. The number of nitrogens with zero attached hydrogens (tertiary/aromatic N) is 4. The SMILES string of the molecule is CC1=Nc2ccccc2N=C(NC(=O)CN2CCN(CCc3ccccc3)CC2)[C@H]1c1ccc(F)cc1. The van der Waals surface area contributed by atoms with Crippen LogP contribution in [0.3, 0.4) is 0 Å². The molecule has 6 nitrogen and oxygen atoms in total. The van der Waals surface area contributed by atoms with E-state index >= 15 is 0 Å². The van der Waals surface area contributed by atoms with Crippen LogP contribution in [0.1, 0.15) is 24.0 Å². The van der Waals surface area contributed by atoms with Crippen LogP contribution in [0.25, 0.3) is 0 Å². The minimum atomic E-state index is -0.369. The highest BCUT2D eigenvalue weighted by Crippen LogP contribution is 2.34. The van der Waals surface area contributed by atoms with E-state index in [9.17, 15) is 9.18 Å². The number of aliphatic imine (C=N–C) groups is 2. The second-order valence-electron chi connectivity index (χ2n) is 9.63. The molecule has 190 valence electrons. The summed E-state index contributed by atoms with van der Waals surface area (Å²) >= 11 is 0. The molecular weight excluding hydrogens is 465 g/mol. The van der Waals surface area contributed by atoms with Crippen molar-refractivity contribution in [2.45, 2.75) is 19.3 Å². The largest absolute Gasteiger partial charge is 0.312 e. The van der Waals surface area contributed by atoms with Crippen molar-refractivity contribution in [2.75, 3.05) is 39.3 Å². The fourth-order valence-corrected chi connectivity index (χ4v) is 4.94. The van der Waals surface area contributed by atoms with Gasteiger partial charge in [-0.1, -0.05) is 54.6 Å². The van der Waals surface area contributed by atoms with Crippen molar-refractivity contribution in [3.63, 3.8) is 0 Å². The van der Waals surface area contributed by atoms with Gasteiger partial charge in [0.2, 0.25) is 5.91 Å². The van der Waals surface area contributed by atoms with Crippen molar-refractivity contribution in [3.8, 4) is 0 Å². The molecule has 0 bridgehead atoms. The zero-order valence-electron chi connectivity index (χ0n) is 21.1. The summed E-state index contributed by atoms with van der Waals surface area (Å²) in [5.74, 6) is -0.257. The van der Waals surface area contributed by atoms with Crippen molar-refractivity contribution in [2.24, 2.45) is 9.98 Å². The summed E-state index contributed by atoms with van der Waals surface area (Å²) in [6.07, 6.45) is 1.04. The fraction of sp³-hybridized carbons (Fsp3) is 0.300. The first-order valence-corrected chi connectivity index (χ1v) is 12.8. The Hall–Kier alpha value is -3.68. The van der Waals surface area contributed by atoms with Crippen molar-refractivity contribution in [1.82, 2.24) is 15.1 Å². The monoisotopic (exact) mass is 497 g/mol. The molecule has 37 heavy (non-hydrogen) atoms. The molecule has 1 atom stereocenters. The number of hydrogen-bond acceptors (Lipinski definition) is 5. The van der Waals surface area contributed by atoms with E-state index in [4.69, 9.17) is 9.98 Å². The zero-order chi connectivity index (χ0) is 25.6. The van der Waals surface area contributed by atoms with Gasteiger partial charge in [0, 0.05) is 38.4 Å². The van der Waals surface area contributed by atoms with Crippen molar-refractivity contribution in [3.05, 3.63) is 95.8 Å². The molecule has 0 aliphatic carbocycles. The molecule has 0 spiro atoms.